The van der Waals surface area contributed by atoms with Crippen LogP contribution in [0, 0.1) is 0 Å². The third-order valence-corrected chi connectivity index (χ3v) is 3.37. The van der Waals surface area contributed by atoms with Crippen molar-refractivity contribution >= 4 is 11.8 Å². The molecular weight excluding hydrogens is 204 g/mol. The van der Waals surface area contributed by atoms with Gasteiger partial charge in [0.15, 0.2) is 0 Å². The maximum Gasteiger partial charge on any atom is 0.0671 e. The maximum absolute atomic E-state index is 9.73. The molecule has 1 nitrogen and oxygen atoms in total. The van der Waals surface area contributed by atoms with Crippen LogP contribution in [0.25, 0.3) is 0 Å². The highest BCUT2D eigenvalue weighted by molar-refractivity contribution is 7.99. The lowest BCUT2D eigenvalue weighted by Gasteiger charge is -2.10. The Kier molecular flexibility index (Phi) is 5.51. The smallest absolute Gasteiger partial charge is 0.0671 e. The second kappa shape index (κ2) is 6.70. The van der Waals surface area contributed by atoms with Crippen LogP contribution in [0.15, 0.2) is 47.4 Å². The molecule has 0 saturated heterocycles. The number of rotatable bonds is 6. The fourth-order valence-electron chi connectivity index (χ4n) is 1.25. The fourth-order valence-corrected chi connectivity index (χ4v) is 2.10. The standard InChI is InChI=1S/C13H18OS/c1-3-11(2)9-12(14)10-15-13-7-5-4-6-8-13/h4-8,12,14H,2-3,9-10H2,1H3. The number of hydrogen-bond acceptors (Lipinski definition) is 2. The van der Waals surface area contributed by atoms with E-state index in [0.29, 0.717) is 0 Å². The molecule has 0 amide bonds. The lowest BCUT2D eigenvalue weighted by Crippen LogP contribution is -2.10. The molecule has 1 N–H and O–H groups in total. The monoisotopic (exact) mass is 222 g/mol. The molecule has 1 aromatic rings. The predicted molar refractivity (Wildman–Crippen MR) is 67.2 cm³/mol. The van der Waals surface area contributed by atoms with Crippen molar-refractivity contribution < 1.29 is 5.11 Å². The summed E-state index contributed by atoms with van der Waals surface area (Å²) in [7, 11) is 0. The summed E-state index contributed by atoms with van der Waals surface area (Å²) in [6.07, 6.45) is 1.39. The lowest BCUT2D eigenvalue weighted by atomic mass is 10.1. The van der Waals surface area contributed by atoms with Gasteiger partial charge in [-0.3, -0.25) is 0 Å². The van der Waals surface area contributed by atoms with Crippen molar-refractivity contribution in [2.45, 2.75) is 30.8 Å². The highest BCUT2D eigenvalue weighted by atomic mass is 32.2. The van der Waals surface area contributed by atoms with Gasteiger partial charge in [-0.15, -0.1) is 11.8 Å². The Balaban J connectivity index is 2.28. The zero-order valence-corrected chi connectivity index (χ0v) is 9.96. The van der Waals surface area contributed by atoms with E-state index in [0.717, 1.165) is 24.2 Å². The van der Waals surface area contributed by atoms with Gasteiger partial charge in [0.05, 0.1) is 6.10 Å². The summed E-state index contributed by atoms with van der Waals surface area (Å²) in [5, 5.41) is 9.73. The van der Waals surface area contributed by atoms with Gasteiger partial charge in [-0.2, -0.15) is 0 Å². The van der Waals surface area contributed by atoms with Crippen LogP contribution < -0.4 is 0 Å². The molecule has 0 radical (unpaired) electrons. The fraction of sp³-hybridized carbons (Fsp3) is 0.385. The van der Waals surface area contributed by atoms with Gasteiger partial charge < -0.3 is 5.11 Å². The molecule has 0 bridgehead atoms. The van der Waals surface area contributed by atoms with Crippen LogP contribution in [0.2, 0.25) is 0 Å². The van der Waals surface area contributed by atoms with E-state index >= 15 is 0 Å². The maximum atomic E-state index is 9.73. The Morgan fingerprint density at radius 3 is 2.67 bits per heavy atom. The quantitative estimate of drug-likeness (QED) is 0.587. The minimum atomic E-state index is -0.275. The van der Waals surface area contributed by atoms with Crippen LogP contribution in [-0.4, -0.2) is 17.0 Å². The largest absolute Gasteiger partial charge is 0.392 e. The number of aliphatic hydroxyl groups is 1. The molecule has 15 heavy (non-hydrogen) atoms. The Bertz CT molecular complexity index is 295. The van der Waals surface area contributed by atoms with Crippen molar-refractivity contribution in [3.8, 4) is 0 Å². The highest BCUT2D eigenvalue weighted by Gasteiger charge is 2.05. The van der Waals surface area contributed by atoms with Gasteiger partial charge in [-0.25, -0.2) is 0 Å². The first kappa shape index (κ1) is 12.3. The molecule has 82 valence electrons. The average Bonchev–Trinajstić information content (AvgIpc) is 2.27. The SMILES string of the molecule is C=C(CC)CC(O)CSc1ccccc1. The van der Waals surface area contributed by atoms with E-state index < -0.39 is 0 Å². The van der Waals surface area contributed by atoms with E-state index in [9.17, 15) is 5.11 Å². The summed E-state index contributed by atoms with van der Waals surface area (Å²) >= 11 is 1.69. The molecule has 0 spiro atoms. The van der Waals surface area contributed by atoms with Gasteiger partial charge in [-0.1, -0.05) is 37.3 Å². The third kappa shape index (κ3) is 5.05. The van der Waals surface area contributed by atoms with Gasteiger partial charge in [-0.05, 0) is 25.0 Å². The molecule has 1 aromatic carbocycles. The molecule has 0 fully saturated rings. The van der Waals surface area contributed by atoms with Gasteiger partial charge in [0.2, 0.25) is 0 Å². The van der Waals surface area contributed by atoms with Crippen molar-refractivity contribution in [1.29, 1.82) is 0 Å². The van der Waals surface area contributed by atoms with Gasteiger partial charge in [0.1, 0.15) is 0 Å². The lowest BCUT2D eigenvalue weighted by molar-refractivity contribution is 0.199. The highest BCUT2D eigenvalue weighted by Crippen LogP contribution is 2.20. The van der Waals surface area contributed by atoms with Crippen molar-refractivity contribution in [3.05, 3.63) is 42.5 Å². The second-order valence-electron chi connectivity index (χ2n) is 3.59. The Morgan fingerprint density at radius 1 is 1.40 bits per heavy atom. The van der Waals surface area contributed by atoms with Crippen molar-refractivity contribution in [3.63, 3.8) is 0 Å². The molecule has 1 unspecified atom stereocenters. The summed E-state index contributed by atoms with van der Waals surface area (Å²) in [5.41, 5.74) is 1.12. The van der Waals surface area contributed by atoms with Crippen molar-refractivity contribution in [2.75, 3.05) is 5.75 Å². The second-order valence-corrected chi connectivity index (χ2v) is 4.68. The topological polar surface area (TPSA) is 20.2 Å². The summed E-state index contributed by atoms with van der Waals surface area (Å²) in [5.74, 6) is 0.739. The molecule has 0 aliphatic rings. The summed E-state index contributed by atoms with van der Waals surface area (Å²) in [4.78, 5) is 1.21. The normalized spacial score (nSPS) is 12.4. The molecular formula is C13H18OS. The minimum Gasteiger partial charge on any atom is -0.392 e. The van der Waals surface area contributed by atoms with Crippen LogP contribution >= 0.6 is 11.8 Å². The van der Waals surface area contributed by atoms with Crippen LogP contribution in [0.4, 0.5) is 0 Å². The third-order valence-electron chi connectivity index (χ3n) is 2.21. The van der Waals surface area contributed by atoms with Crippen LogP contribution in [-0.2, 0) is 0 Å². The summed E-state index contributed by atoms with van der Waals surface area (Å²) < 4.78 is 0. The van der Waals surface area contributed by atoms with E-state index in [2.05, 4.69) is 25.6 Å². The first-order valence-corrected chi connectivity index (χ1v) is 6.23. The zero-order chi connectivity index (χ0) is 11.1. The van der Waals surface area contributed by atoms with E-state index in [4.69, 9.17) is 0 Å². The average molecular weight is 222 g/mol. The number of thioether (sulfide) groups is 1. The molecule has 0 heterocycles. The van der Waals surface area contributed by atoms with Crippen LogP contribution in [0.3, 0.4) is 0 Å². The van der Waals surface area contributed by atoms with Crippen LogP contribution in [0.1, 0.15) is 19.8 Å². The first-order valence-electron chi connectivity index (χ1n) is 5.25. The van der Waals surface area contributed by atoms with E-state index in [1.807, 2.05) is 18.2 Å². The summed E-state index contributed by atoms with van der Waals surface area (Å²) in [6, 6.07) is 10.1. The Hall–Kier alpha value is -0.730. The number of hydrogen-bond donors (Lipinski definition) is 1. The Labute approximate surface area is 96.2 Å². The van der Waals surface area contributed by atoms with Gasteiger partial charge in [0.25, 0.3) is 0 Å². The Morgan fingerprint density at radius 2 is 2.07 bits per heavy atom. The van der Waals surface area contributed by atoms with E-state index in [1.54, 1.807) is 11.8 Å². The van der Waals surface area contributed by atoms with Crippen molar-refractivity contribution in [2.24, 2.45) is 0 Å². The van der Waals surface area contributed by atoms with E-state index in [-0.39, 0.29) is 6.10 Å². The predicted octanol–water partition coefficient (Wildman–Crippen LogP) is 3.50. The molecule has 0 saturated carbocycles. The molecule has 0 aromatic heterocycles. The molecule has 0 aliphatic heterocycles. The number of benzene rings is 1. The molecule has 0 aliphatic carbocycles. The van der Waals surface area contributed by atoms with Crippen molar-refractivity contribution in [1.82, 2.24) is 0 Å². The molecule has 1 rings (SSSR count). The van der Waals surface area contributed by atoms with Crippen LogP contribution in [0.5, 0.6) is 0 Å². The molecule has 2 heteroatoms. The summed E-state index contributed by atoms with van der Waals surface area (Å²) in [6.45, 7) is 5.97. The molecule has 1 atom stereocenters. The number of aliphatic hydroxyl groups excluding tert-OH is 1. The van der Waals surface area contributed by atoms with Gasteiger partial charge in [0, 0.05) is 10.6 Å². The van der Waals surface area contributed by atoms with E-state index in [1.165, 1.54) is 4.90 Å². The zero-order valence-electron chi connectivity index (χ0n) is 9.15. The first-order chi connectivity index (χ1) is 7.22. The minimum absolute atomic E-state index is 0.275. The van der Waals surface area contributed by atoms with Gasteiger partial charge >= 0.3 is 0 Å².